The fourth-order valence-corrected chi connectivity index (χ4v) is 9.87. The van der Waals surface area contributed by atoms with Gasteiger partial charge in [0.25, 0.3) is 0 Å². The smallest absolute Gasteiger partial charge is 0.152 e. The van der Waals surface area contributed by atoms with Crippen molar-refractivity contribution in [1.82, 2.24) is 0 Å². The van der Waals surface area contributed by atoms with Gasteiger partial charge in [-0.15, -0.1) is 0 Å². The number of hydrogen-bond donors (Lipinski definition) is 1. The van der Waals surface area contributed by atoms with Gasteiger partial charge in [-0.1, -0.05) is 218 Å². The predicted molar refractivity (Wildman–Crippen MR) is 275 cm³/mol. The van der Waals surface area contributed by atoms with Gasteiger partial charge in [-0.3, -0.25) is 5.41 Å². The van der Waals surface area contributed by atoms with E-state index < -0.39 is 0 Å². The van der Waals surface area contributed by atoms with Crippen LogP contribution < -0.4 is 0 Å². The molecule has 12 rings (SSSR count). The average Bonchev–Trinajstić information content (AvgIpc) is 3.37. The first-order valence-corrected chi connectivity index (χ1v) is 21.9. The van der Waals surface area contributed by atoms with Crippen LogP contribution in [-0.2, 0) is 0 Å². The summed E-state index contributed by atoms with van der Waals surface area (Å²) in [4.78, 5) is 5.10. The van der Waals surface area contributed by atoms with Gasteiger partial charge < -0.3 is 0 Å². The van der Waals surface area contributed by atoms with E-state index in [0.29, 0.717) is 0 Å². The van der Waals surface area contributed by atoms with E-state index in [1.807, 2.05) is 30.3 Å². The molecule has 0 amide bonds. The highest BCUT2D eigenvalue weighted by Gasteiger charge is 2.17. The second kappa shape index (κ2) is 15.5. The summed E-state index contributed by atoms with van der Waals surface area (Å²) in [5.74, 6) is 0.219. The average molecular weight is 813 g/mol. The Bertz CT molecular complexity index is 3880. The molecule has 0 atom stereocenters. The van der Waals surface area contributed by atoms with Crippen molar-refractivity contribution in [2.75, 3.05) is 0 Å². The Morgan fingerprint density at radius 1 is 0.359 bits per heavy atom. The van der Waals surface area contributed by atoms with E-state index in [0.717, 1.165) is 38.9 Å². The van der Waals surface area contributed by atoms with E-state index in [4.69, 9.17) is 4.99 Å². The molecule has 0 aliphatic carbocycles. The van der Waals surface area contributed by atoms with Crippen molar-refractivity contribution in [3.8, 4) is 22.3 Å². The van der Waals surface area contributed by atoms with Gasteiger partial charge in [0.1, 0.15) is 0 Å². The Labute approximate surface area is 371 Å². The lowest BCUT2D eigenvalue weighted by molar-refractivity contribution is 1.42. The van der Waals surface area contributed by atoms with Crippen molar-refractivity contribution < 1.29 is 0 Å². The number of amidine groups is 1. The van der Waals surface area contributed by atoms with Crippen molar-refractivity contribution in [1.29, 1.82) is 5.41 Å². The van der Waals surface area contributed by atoms with Gasteiger partial charge in [-0.05, 0) is 121 Å². The molecule has 0 bridgehead atoms. The lowest BCUT2D eigenvalue weighted by Crippen LogP contribution is -2.05. The predicted octanol–water partition coefficient (Wildman–Crippen LogP) is 16.6. The number of allylic oxidation sites excluding steroid dienone is 1. The van der Waals surface area contributed by atoms with Gasteiger partial charge >= 0.3 is 0 Å². The number of nitrogens with zero attached hydrogens (tertiary/aromatic N) is 1. The van der Waals surface area contributed by atoms with Crippen LogP contribution in [0.15, 0.2) is 236 Å². The number of fused-ring (bicyclic) bond motifs is 12. The third-order valence-corrected chi connectivity index (χ3v) is 12.9. The third kappa shape index (κ3) is 6.35. The van der Waals surface area contributed by atoms with Crippen LogP contribution in [0.5, 0.6) is 0 Å². The Morgan fingerprint density at radius 3 is 1.58 bits per heavy atom. The molecule has 0 unspecified atom stereocenters. The Morgan fingerprint density at radius 2 is 0.875 bits per heavy atom. The molecule has 2 nitrogen and oxygen atoms in total. The number of nitrogens with one attached hydrogen (secondary N) is 1. The fraction of sp³-hybridized carbons (Fsp3) is 0. The zero-order valence-corrected chi connectivity index (χ0v) is 35.0. The summed E-state index contributed by atoms with van der Waals surface area (Å²) in [6.07, 6.45) is 4.20. The first-order valence-electron chi connectivity index (χ1n) is 21.9. The zero-order chi connectivity index (χ0) is 42.6. The first kappa shape index (κ1) is 37.3. The topological polar surface area (TPSA) is 36.2 Å². The second-order valence-electron chi connectivity index (χ2n) is 16.6. The van der Waals surface area contributed by atoms with Crippen LogP contribution in [0.4, 0.5) is 0 Å². The fourth-order valence-electron chi connectivity index (χ4n) is 9.87. The maximum atomic E-state index is 9.19. The molecule has 0 fully saturated rings. The van der Waals surface area contributed by atoms with Gasteiger partial charge in [0, 0.05) is 11.1 Å². The maximum Gasteiger partial charge on any atom is 0.152 e. The minimum absolute atomic E-state index is 0.219. The van der Waals surface area contributed by atoms with Gasteiger partial charge in [-0.25, -0.2) is 4.99 Å². The Kier molecular flexibility index (Phi) is 9.02. The van der Waals surface area contributed by atoms with E-state index in [1.54, 1.807) is 0 Å². The van der Waals surface area contributed by atoms with Crippen LogP contribution in [0.25, 0.3) is 104 Å². The maximum absolute atomic E-state index is 9.19. The van der Waals surface area contributed by atoms with Crippen molar-refractivity contribution in [2.45, 2.75) is 0 Å². The highest BCUT2D eigenvalue weighted by molar-refractivity contribution is 6.35. The molecule has 0 aliphatic rings. The zero-order valence-electron chi connectivity index (χ0n) is 35.0. The normalized spacial score (nSPS) is 12.2. The molecule has 64 heavy (non-hydrogen) atoms. The molecule has 0 aliphatic heterocycles. The summed E-state index contributed by atoms with van der Waals surface area (Å²) < 4.78 is 0. The number of aliphatic imine (C=N–C) groups is 1. The Hall–Kier alpha value is -8.46. The van der Waals surface area contributed by atoms with E-state index in [9.17, 15) is 5.41 Å². The number of hydrogen-bond acceptors (Lipinski definition) is 1. The molecule has 0 spiro atoms. The summed E-state index contributed by atoms with van der Waals surface area (Å²) in [5.41, 5.74) is 8.33. The summed E-state index contributed by atoms with van der Waals surface area (Å²) >= 11 is 0. The lowest BCUT2D eigenvalue weighted by atomic mass is 9.88. The largest absolute Gasteiger partial charge is 0.282 e. The summed E-state index contributed by atoms with van der Waals surface area (Å²) in [5, 5.41) is 26.3. The van der Waals surface area contributed by atoms with Crippen molar-refractivity contribution in [3.05, 3.63) is 247 Å². The molecule has 0 radical (unpaired) electrons. The van der Waals surface area contributed by atoms with E-state index in [2.05, 4.69) is 206 Å². The molecular weight excluding hydrogens is 773 g/mol. The molecule has 298 valence electrons. The summed E-state index contributed by atoms with van der Waals surface area (Å²) in [6, 6.07) is 80.1. The minimum atomic E-state index is 0.219. The molecule has 0 saturated heterocycles. The number of rotatable bonds is 6. The molecule has 2 heteroatoms. The van der Waals surface area contributed by atoms with Crippen LogP contribution in [0.3, 0.4) is 0 Å². The van der Waals surface area contributed by atoms with Crippen molar-refractivity contribution >= 4 is 93.0 Å². The molecule has 12 aromatic carbocycles. The third-order valence-electron chi connectivity index (χ3n) is 12.9. The van der Waals surface area contributed by atoms with Crippen LogP contribution >= 0.6 is 0 Å². The van der Waals surface area contributed by atoms with Crippen molar-refractivity contribution in [3.63, 3.8) is 0 Å². The van der Waals surface area contributed by atoms with Gasteiger partial charge in [-0.2, -0.15) is 0 Å². The van der Waals surface area contributed by atoms with E-state index in [1.165, 1.54) is 81.1 Å². The quantitative estimate of drug-likeness (QED) is 0.0751. The molecular formula is C62H40N2. The highest BCUT2D eigenvalue weighted by atomic mass is 14.8. The minimum Gasteiger partial charge on any atom is -0.282 e. The van der Waals surface area contributed by atoms with Crippen LogP contribution in [0.1, 0.15) is 16.7 Å². The van der Waals surface area contributed by atoms with Crippen LogP contribution in [0.2, 0.25) is 0 Å². The monoisotopic (exact) mass is 812 g/mol. The Balaban J connectivity index is 0.935. The SMILES string of the molecule is N=C(N=C(/C=C/c1ccc(-c2ccc(-c3c4ccccc4cc4c3ccc3ccccc34)cc2)cc1)c1cc2c3ccccc3c3ccccc3c2c2ccccc12)c1ccccc1. The standard InChI is InChI=1S/C62H40N2/c63-62(45-15-2-1-3-16-45)64-59(57-39-58-51-22-9-8-20-49(51)50-21-10-12-24-53(50)61(58)54-25-13-11-23-52(54)57)37-28-40-26-29-41(30-27-40)42-31-33-44(34-32-42)60-48-19-7-5-17-46(48)38-56-47-18-6-4-14-43(47)35-36-55(56)60/h1-39,63H/b37-28+,63-62?,64-59?. The molecule has 1 N–H and O–H groups in total. The van der Waals surface area contributed by atoms with E-state index >= 15 is 0 Å². The summed E-state index contributed by atoms with van der Waals surface area (Å²) in [6.45, 7) is 0. The molecule has 0 heterocycles. The van der Waals surface area contributed by atoms with Gasteiger partial charge in [0.15, 0.2) is 5.84 Å². The number of benzene rings is 12. The van der Waals surface area contributed by atoms with Crippen LogP contribution in [-0.4, -0.2) is 11.5 Å². The van der Waals surface area contributed by atoms with Crippen molar-refractivity contribution in [2.24, 2.45) is 4.99 Å². The molecule has 12 aromatic rings. The highest BCUT2D eigenvalue weighted by Crippen LogP contribution is 2.42. The second-order valence-corrected chi connectivity index (χ2v) is 16.6. The van der Waals surface area contributed by atoms with Gasteiger partial charge in [0.2, 0.25) is 0 Å². The lowest BCUT2D eigenvalue weighted by Gasteiger charge is -2.16. The molecule has 0 aromatic heterocycles. The van der Waals surface area contributed by atoms with E-state index in [-0.39, 0.29) is 5.84 Å². The van der Waals surface area contributed by atoms with Gasteiger partial charge in [0.05, 0.1) is 5.71 Å². The summed E-state index contributed by atoms with van der Waals surface area (Å²) in [7, 11) is 0. The first-order chi connectivity index (χ1) is 31.7. The van der Waals surface area contributed by atoms with Crippen LogP contribution in [0, 0.1) is 5.41 Å². The molecule has 0 saturated carbocycles.